The molecule has 2 N–H and O–H groups in total. The fraction of sp³-hybridized carbons (Fsp3) is 0.400. The van der Waals surface area contributed by atoms with Crippen LogP contribution in [0.15, 0.2) is 18.2 Å². The van der Waals surface area contributed by atoms with E-state index in [9.17, 15) is 4.39 Å². The van der Waals surface area contributed by atoms with E-state index in [1.54, 1.807) is 0 Å². The minimum absolute atomic E-state index is 0.314. The first-order valence-corrected chi connectivity index (χ1v) is 4.12. The second-order valence-electron chi connectivity index (χ2n) is 3.90. The highest BCUT2D eigenvalue weighted by molar-refractivity contribution is 5.52. The average molecular weight is 183 g/mol. The largest absolute Gasteiger partial charge is 0.486 e. The quantitative estimate of drug-likeness (QED) is 0.679. The number of hydrogen-bond acceptors (Lipinski definition) is 2. The van der Waals surface area contributed by atoms with E-state index in [1.165, 1.54) is 18.2 Å². The van der Waals surface area contributed by atoms with Crippen molar-refractivity contribution in [3.8, 4) is 5.75 Å². The fourth-order valence-electron chi connectivity index (χ4n) is 0.942. The lowest BCUT2D eigenvalue weighted by Crippen LogP contribution is -2.23. The first-order valence-electron chi connectivity index (χ1n) is 4.12. The highest BCUT2D eigenvalue weighted by atomic mass is 19.1. The smallest absolute Gasteiger partial charge is 0.143 e. The van der Waals surface area contributed by atoms with Gasteiger partial charge in [-0.3, -0.25) is 0 Å². The van der Waals surface area contributed by atoms with Gasteiger partial charge >= 0.3 is 0 Å². The van der Waals surface area contributed by atoms with E-state index in [4.69, 9.17) is 10.5 Å². The topological polar surface area (TPSA) is 35.2 Å². The first kappa shape index (κ1) is 9.84. The molecule has 0 aromatic heterocycles. The Bertz CT molecular complexity index is 304. The predicted molar refractivity (Wildman–Crippen MR) is 51.2 cm³/mol. The molecule has 0 saturated heterocycles. The maximum Gasteiger partial charge on any atom is 0.143 e. The Morgan fingerprint density at radius 3 is 2.38 bits per heavy atom. The number of nitrogen functional groups attached to an aromatic ring is 1. The summed E-state index contributed by atoms with van der Waals surface area (Å²) in [6, 6.07) is 4.12. The van der Waals surface area contributed by atoms with Gasteiger partial charge in [-0.2, -0.15) is 0 Å². The molecule has 0 unspecified atom stereocenters. The number of ether oxygens (including phenoxy) is 1. The van der Waals surface area contributed by atoms with Crippen LogP contribution in [0.5, 0.6) is 5.75 Å². The first-order chi connectivity index (χ1) is 5.88. The average Bonchev–Trinajstić information content (AvgIpc) is 1.93. The van der Waals surface area contributed by atoms with Gasteiger partial charge in [0, 0.05) is 6.07 Å². The third-order valence-electron chi connectivity index (χ3n) is 1.39. The molecule has 1 aromatic carbocycles. The number of nitrogens with two attached hydrogens (primary N) is 1. The van der Waals surface area contributed by atoms with Gasteiger partial charge in [0.05, 0.1) is 5.69 Å². The lowest BCUT2D eigenvalue weighted by Gasteiger charge is -2.22. The maximum absolute atomic E-state index is 12.6. The SMILES string of the molecule is CC(C)(C)Oc1ccc(F)cc1N. The zero-order valence-electron chi connectivity index (χ0n) is 8.10. The normalized spacial score (nSPS) is 11.4. The van der Waals surface area contributed by atoms with Crippen molar-refractivity contribution in [2.45, 2.75) is 26.4 Å². The molecule has 0 amide bonds. The van der Waals surface area contributed by atoms with Crippen molar-refractivity contribution in [2.24, 2.45) is 0 Å². The summed E-state index contributed by atoms with van der Waals surface area (Å²) < 4.78 is 18.1. The molecule has 0 saturated carbocycles. The standard InChI is InChI=1S/C10H14FNO/c1-10(2,3)13-9-5-4-7(11)6-8(9)12/h4-6H,12H2,1-3H3. The second-order valence-corrected chi connectivity index (χ2v) is 3.90. The molecule has 0 radical (unpaired) electrons. The van der Waals surface area contributed by atoms with Crippen LogP contribution in [0.4, 0.5) is 10.1 Å². The molecule has 2 nitrogen and oxygen atoms in total. The Kier molecular flexibility index (Phi) is 2.45. The van der Waals surface area contributed by atoms with Crippen LogP contribution in [-0.4, -0.2) is 5.60 Å². The van der Waals surface area contributed by atoms with Gasteiger partial charge in [-0.15, -0.1) is 0 Å². The van der Waals surface area contributed by atoms with E-state index in [0.29, 0.717) is 11.4 Å². The zero-order chi connectivity index (χ0) is 10.1. The Morgan fingerprint density at radius 2 is 1.92 bits per heavy atom. The minimum Gasteiger partial charge on any atom is -0.486 e. The van der Waals surface area contributed by atoms with Crippen LogP contribution in [0.1, 0.15) is 20.8 Å². The molecule has 0 atom stereocenters. The van der Waals surface area contributed by atoms with E-state index in [0.717, 1.165) is 0 Å². The van der Waals surface area contributed by atoms with Crippen molar-refractivity contribution in [3.63, 3.8) is 0 Å². The van der Waals surface area contributed by atoms with Crippen molar-refractivity contribution in [3.05, 3.63) is 24.0 Å². The highest BCUT2D eigenvalue weighted by Crippen LogP contribution is 2.25. The summed E-state index contributed by atoms with van der Waals surface area (Å²) >= 11 is 0. The molecule has 0 aliphatic carbocycles. The van der Waals surface area contributed by atoms with Crippen LogP contribution in [0.3, 0.4) is 0 Å². The number of hydrogen-bond donors (Lipinski definition) is 1. The number of benzene rings is 1. The van der Waals surface area contributed by atoms with E-state index < -0.39 is 0 Å². The summed E-state index contributed by atoms with van der Waals surface area (Å²) in [6.07, 6.45) is 0. The molecule has 0 aliphatic heterocycles. The summed E-state index contributed by atoms with van der Waals surface area (Å²) in [4.78, 5) is 0. The third-order valence-corrected chi connectivity index (χ3v) is 1.39. The molecule has 72 valence electrons. The van der Waals surface area contributed by atoms with Crippen molar-refractivity contribution in [1.82, 2.24) is 0 Å². The van der Waals surface area contributed by atoms with Gasteiger partial charge in [-0.1, -0.05) is 0 Å². The van der Waals surface area contributed by atoms with Gasteiger partial charge in [0.15, 0.2) is 0 Å². The Morgan fingerprint density at radius 1 is 1.31 bits per heavy atom. The summed E-state index contributed by atoms with van der Waals surface area (Å²) in [7, 11) is 0. The minimum atomic E-state index is -0.348. The monoisotopic (exact) mass is 183 g/mol. The number of anilines is 1. The van der Waals surface area contributed by atoms with Gasteiger partial charge in [0.2, 0.25) is 0 Å². The molecular formula is C10H14FNO. The van der Waals surface area contributed by atoms with E-state index >= 15 is 0 Å². The molecule has 0 aliphatic rings. The van der Waals surface area contributed by atoms with Gasteiger partial charge in [-0.05, 0) is 32.9 Å². The van der Waals surface area contributed by atoms with Crippen molar-refractivity contribution in [2.75, 3.05) is 5.73 Å². The highest BCUT2D eigenvalue weighted by Gasteiger charge is 2.13. The van der Waals surface area contributed by atoms with Crippen LogP contribution in [-0.2, 0) is 0 Å². The van der Waals surface area contributed by atoms with Crippen molar-refractivity contribution >= 4 is 5.69 Å². The van der Waals surface area contributed by atoms with Crippen LogP contribution in [0.2, 0.25) is 0 Å². The van der Waals surface area contributed by atoms with E-state index in [2.05, 4.69) is 0 Å². The number of halogens is 1. The van der Waals surface area contributed by atoms with Gasteiger partial charge in [-0.25, -0.2) is 4.39 Å². The second kappa shape index (κ2) is 3.24. The van der Waals surface area contributed by atoms with Gasteiger partial charge in [0.1, 0.15) is 17.2 Å². The molecule has 3 heteroatoms. The van der Waals surface area contributed by atoms with Crippen molar-refractivity contribution in [1.29, 1.82) is 0 Å². The summed E-state index contributed by atoms with van der Waals surface area (Å²) in [5.41, 5.74) is 5.58. The van der Waals surface area contributed by atoms with Crippen LogP contribution < -0.4 is 10.5 Å². The summed E-state index contributed by atoms with van der Waals surface area (Å²) in [5, 5.41) is 0. The zero-order valence-corrected chi connectivity index (χ0v) is 8.10. The van der Waals surface area contributed by atoms with E-state index in [1.807, 2.05) is 20.8 Å². The lowest BCUT2D eigenvalue weighted by atomic mass is 10.2. The van der Waals surface area contributed by atoms with Gasteiger partial charge < -0.3 is 10.5 Å². The molecule has 1 rings (SSSR count). The Hall–Kier alpha value is -1.25. The van der Waals surface area contributed by atoms with E-state index in [-0.39, 0.29) is 11.4 Å². The lowest BCUT2D eigenvalue weighted by molar-refractivity contribution is 0.132. The number of rotatable bonds is 1. The molecular weight excluding hydrogens is 169 g/mol. The van der Waals surface area contributed by atoms with Crippen molar-refractivity contribution < 1.29 is 9.13 Å². The van der Waals surface area contributed by atoms with Crippen LogP contribution >= 0.6 is 0 Å². The summed E-state index contributed by atoms with van der Waals surface area (Å²) in [5.74, 6) is 0.174. The molecule has 13 heavy (non-hydrogen) atoms. The molecule has 1 aromatic rings. The molecule has 0 bridgehead atoms. The Labute approximate surface area is 77.5 Å². The molecule has 0 heterocycles. The van der Waals surface area contributed by atoms with Gasteiger partial charge in [0.25, 0.3) is 0 Å². The van der Waals surface area contributed by atoms with Crippen LogP contribution in [0.25, 0.3) is 0 Å². The summed E-state index contributed by atoms with van der Waals surface area (Å²) in [6.45, 7) is 5.74. The predicted octanol–water partition coefficient (Wildman–Crippen LogP) is 2.59. The molecule has 0 fully saturated rings. The van der Waals surface area contributed by atoms with Crippen LogP contribution in [0, 0.1) is 5.82 Å². The fourth-order valence-corrected chi connectivity index (χ4v) is 0.942. The third kappa shape index (κ3) is 2.93. The molecule has 0 spiro atoms. The maximum atomic E-state index is 12.6. The Balaban J connectivity index is 2.90.